The second kappa shape index (κ2) is 16.6. The molecule has 0 fully saturated rings. The Morgan fingerprint density at radius 2 is 0.769 bits per heavy atom. The minimum absolute atomic E-state index is 0. The van der Waals surface area contributed by atoms with Gasteiger partial charge in [-0.1, -0.05) is 196 Å². The first-order valence-corrected chi connectivity index (χ1v) is 20.9. The summed E-state index contributed by atoms with van der Waals surface area (Å²) in [5, 5.41) is 8.75. The normalized spacial score (nSPS) is 11.5. The molecular formula is C50H44SiZr. The van der Waals surface area contributed by atoms with E-state index in [-0.39, 0.29) is 26.2 Å². The van der Waals surface area contributed by atoms with Crippen LogP contribution in [-0.4, -0.2) is 8.07 Å². The van der Waals surface area contributed by atoms with E-state index in [1.165, 1.54) is 66.1 Å². The van der Waals surface area contributed by atoms with Crippen LogP contribution < -0.4 is 10.4 Å². The fourth-order valence-corrected chi connectivity index (χ4v) is 12.0. The van der Waals surface area contributed by atoms with Gasteiger partial charge in [0.25, 0.3) is 0 Å². The van der Waals surface area contributed by atoms with Crippen molar-refractivity contribution in [1.82, 2.24) is 0 Å². The van der Waals surface area contributed by atoms with Crippen LogP contribution in [0.15, 0.2) is 182 Å². The van der Waals surface area contributed by atoms with Gasteiger partial charge in [-0.15, -0.1) is 69.1 Å². The average Bonchev–Trinajstić information content (AvgIpc) is 3.71. The molecule has 0 N–H and O–H groups in total. The Kier molecular flexibility index (Phi) is 11.8. The number of aryl methyl sites for hydroxylation is 2. The Labute approximate surface area is 329 Å². The molecule has 0 nitrogen and oxygen atoms in total. The third-order valence-corrected chi connectivity index (χ3v) is 13.7. The molecule has 0 atom stereocenters. The van der Waals surface area contributed by atoms with Crippen LogP contribution in [-0.2, 0) is 26.2 Å². The second-order valence-electron chi connectivity index (χ2n) is 13.8. The number of hydrogen-bond acceptors (Lipinski definition) is 0. The van der Waals surface area contributed by atoms with Crippen LogP contribution in [0.2, 0.25) is 13.1 Å². The Hall–Kier alpha value is -4.88. The van der Waals surface area contributed by atoms with Gasteiger partial charge in [0.1, 0.15) is 0 Å². The van der Waals surface area contributed by atoms with E-state index in [1.54, 1.807) is 10.4 Å². The maximum absolute atomic E-state index is 2.56. The van der Waals surface area contributed by atoms with E-state index in [1.807, 2.05) is 36.4 Å². The minimum Gasteiger partial charge on any atom is -0.158 e. The standard InChI is InChI=1S/C34H30Si.C16H14.Zr/c1-23-21-27-17-11-19-29(25-13-7-5-8-14-25)31(27)33(23)35(3,4)34-24(2)22-28-18-12-20-30(32(28)34)26-15-9-6-10-16-26;1-3-9-15(10-4-1)13-7-8-14-16-11-5-2-6-12-16;/h5-22H,1-4H3;1-14H;/q-2;;+2. The summed E-state index contributed by atoms with van der Waals surface area (Å²) in [5.41, 5.74) is 10.6. The van der Waals surface area contributed by atoms with Crippen molar-refractivity contribution in [2.45, 2.75) is 26.9 Å². The van der Waals surface area contributed by atoms with E-state index in [0.29, 0.717) is 0 Å². The van der Waals surface area contributed by atoms with E-state index in [4.69, 9.17) is 0 Å². The zero-order valence-electron chi connectivity index (χ0n) is 30.5. The summed E-state index contributed by atoms with van der Waals surface area (Å²) in [6, 6.07) is 60.7. The van der Waals surface area contributed by atoms with Crippen LogP contribution >= 0.6 is 0 Å². The molecule has 252 valence electrons. The van der Waals surface area contributed by atoms with Crippen molar-refractivity contribution in [3.63, 3.8) is 0 Å². The Balaban J connectivity index is 0.000000230. The summed E-state index contributed by atoms with van der Waals surface area (Å²) in [4.78, 5) is 0. The molecule has 0 aromatic heterocycles. The summed E-state index contributed by atoms with van der Waals surface area (Å²) in [6.45, 7) is 9.75. The molecular weight excluding hydrogens is 720 g/mol. The van der Waals surface area contributed by atoms with E-state index >= 15 is 0 Å². The molecule has 0 aliphatic carbocycles. The zero-order valence-corrected chi connectivity index (χ0v) is 33.9. The first-order chi connectivity index (χ1) is 24.9. The first kappa shape index (κ1) is 36.9. The number of benzene rings is 6. The SMILES string of the molecule is C(C=Cc1ccccc1)=Cc1ccccc1.Cc1[cH-]c2cccc(-c3ccccc3)c2c1[Si](C)(C)c1c(C)[cH-]c2cccc(-c3ccccc3)c12.[Zr+2]. The van der Waals surface area contributed by atoms with E-state index in [0.717, 1.165) is 0 Å². The van der Waals surface area contributed by atoms with Gasteiger partial charge in [-0.2, -0.15) is 10.4 Å². The van der Waals surface area contributed by atoms with Gasteiger partial charge in [0.15, 0.2) is 0 Å². The number of fused-ring (bicyclic) bond motifs is 2. The molecule has 0 spiro atoms. The van der Waals surface area contributed by atoms with Crippen LogP contribution in [0.3, 0.4) is 0 Å². The fourth-order valence-electron chi connectivity index (χ4n) is 7.86. The van der Waals surface area contributed by atoms with Crippen molar-refractivity contribution in [3.8, 4) is 22.3 Å². The van der Waals surface area contributed by atoms with Crippen LogP contribution in [0.5, 0.6) is 0 Å². The molecule has 52 heavy (non-hydrogen) atoms. The largest absolute Gasteiger partial charge is 2.00 e. The smallest absolute Gasteiger partial charge is 0.158 e. The van der Waals surface area contributed by atoms with Crippen LogP contribution in [0.4, 0.5) is 0 Å². The minimum atomic E-state index is -2.10. The molecule has 0 aliphatic heterocycles. The number of hydrogen-bond donors (Lipinski definition) is 0. The molecule has 0 radical (unpaired) electrons. The number of allylic oxidation sites excluding steroid dienone is 2. The van der Waals surface area contributed by atoms with Crippen molar-refractivity contribution in [3.05, 3.63) is 204 Å². The van der Waals surface area contributed by atoms with Gasteiger partial charge in [-0.05, 0) is 22.3 Å². The van der Waals surface area contributed by atoms with E-state index in [2.05, 4.69) is 185 Å². The third kappa shape index (κ3) is 7.80. The molecule has 0 amide bonds. The van der Waals surface area contributed by atoms with Gasteiger partial charge < -0.3 is 0 Å². The zero-order chi connectivity index (χ0) is 35.2. The molecule has 0 aliphatic rings. The Morgan fingerprint density at radius 1 is 0.423 bits per heavy atom. The Morgan fingerprint density at radius 3 is 1.13 bits per heavy atom. The van der Waals surface area contributed by atoms with E-state index < -0.39 is 8.07 Å². The molecule has 2 heteroatoms. The summed E-state index contributed by atoms with van der Waals surface area (Å²) >= 11 is 0. The molecule has 0 saturated heterocycles. The predicted molar refractivity (Wildman–Crippen MR) is 227 cm³/mol. The van der Waals surface area contributed by atoms with E-state index in [9.17, 15) is 0 Å². The van der Waals surface area contributed by atoms with Crippen molar-refractivity contribution in [2.75, 3.05) is 0 Å². The second-order valence-corrected chi connectivity index (χ2v) is 18.1. The molecule has 0 heterocycles. The maximum Gasteiger partial charge on any atom is 2.00 e. The monoisotopic (exact) mass is 762 g/mol. The van der Waals surface area contributed by atoms with Crippen LogP contribution in [0.25, 0.3) is 56.0 Å². The molecule has 8 aromatic rings. The van der Waals surface area contributed by atoms with Gasteiger partial charge >= 0.3 is 26.2 Å². The average molecular weight is 764 g/mol. The Bertz CT molecular complexity index is 2250. The van der Waals surface area contributed by atoms with Crippen molar-refractivity contribution < 1.29 is 26.2 Å². The van der Waals surface area contributed by atoms with Crippen molar-refractivity contribution >= 4 is 52.1 Å². The predicted octanol–water partition coefficient (Wildman–Crippen LogP) is 12.6. The summed E-state index contributed by atoms with van der Waals surface area (Å²) in [7, 11) is -2.10. The van der Waals surface area contributed by atoms with Crippen LogP contribution in [0.1, 0.15) is 22.3 Å². The van der Waals surface area contributed by atoms with Gasteiger partial charge in [0.05, 0.1) is 0 Å². The summed E-state index contributed by atoms with van der Waals surface area (Å²) in [6.07, 6.45) is 8.31. The van der Waals surface area contributed by atoms with Crippen LogP contribution in [0, 0.1) is 13.8 Å². The first-order valence-electron chi connectivity index (χ1n) is 17.9. The summed E-state index contributed by atoms with van der Waals surface area (Å²) in [5.74, 6) is 0. The molecule has 8 aromatic carbocycles. The van der Waals surface area contributed by atoms with Gasteiger partial charge in [-0.25, -0.2) is 0 Å². The van der Waals surface area contributed by atoms with Crippen molar-refractivity contribution in [1.29, 1.82) is 0 Å². The van der Waals surface area contributed by atoms with Crippen molar-refractivity contribution in [2.24, 2.45) is 0 Å². The topological polar surface area (TPSA) is 0 Å². The molecule has 8 rings (SSSR count). The number of rotatable bonds is 7. The van der Waals surface area contributed by atoms with Gasteiger partial charge in [0.2, 0.25) is 0 Å². The summed E-state index contributed by atoms with van der Waals surface area (Å²) < 4.78 is 0. The van der Waals surface area contributed by atoms with Gasteiger partial charge in [-0.3, -0.25) is 0 Å². The fraction of sp³-hybridized carbons (Fsp3) is 0.0800. The third-order valence-electron chi connectivity index (χ3n) is 9.93. The molecule has 0 unspecified atom stereocenters. The quantitative estimate of drug-likeness (QED) is 0.0861. The molecule has 0 saturated carbocycles. The maximum atomic E-state index is 2.56. The molecule has 0 bridgehead atoms. The van der Waals surface area contributed by atoms with Gasteiger partial charge in [0, 0.05) is 8.07 Å².